The Hall–Kier alpha value is -2.10. The second-order valence-corrected chi connectivity index (χ2v) is 8.31. The first-order valence-corrected chi connectivity index (χ1v) is 10.8. The second-order valence-electron chi connectivity index (χ2n) is 8.31. The van der Waals surface area contributed by atoms with E-state index in [1.807, 2.05) is 0 Å². The van der Waals surface area contributed by atoms with Crippen LogP contribution in [0.25, 0.3) is 0 Å². The lowest BCUT2D eigenvalue weighted by molar-refractivity contribution is -0.132. The summed E-state index contributed by atoms with van der Waals surface area (Å²) in [5.41, 5.74) is -0.151. The third kappa shape index (κ3) is 7.22. The smallest absolute Gasteiger partial charge is 0.251 e. The van der Waals surface area contributed by atoms with Crippen LogP contribution >= 0.6 is 0 Å². The van der Waals surface area contributed by atoms with Gasteiger partial charge in [0.2, 0.25) is 5.91 Å². The van der Waals surface area contributed by atoms with Gasteiger partial charge in [-0.25, -0.2) is 8.78 Å². The molecule has 2 heterocycles. The molecule has 0 saturated carbocycles. The number of hydrogen-bond acceptors (Lipinski definition) is 5. The number of ether oxygens (including phenoxy) is 2. The summed E-state index contributed by atoms with van der Waals surface area (Å²) >= 11 is 0. The van der Waals surface area contributed by atoms with E-state index in [9.17, 15) is 18.4 Å². The predicted octanol–water partition coefficient (Wildman–Crippen LogP) is 1.81. The molecule has 2 saturated heterocycles. The van der Waals surface area contributed by atoms with Gasteiger partial charge in [0.15, 0.2) is 0 Å². The first kappa shape index (κ1) is 23.6. The van der Waals surface area contributed by atoms with Gasteiger partial charge in [-0.3, -0.25) is 14.5 Å². The standard InChI is InChI=1S/C22H31F2N3O4/c1-15-13-26(14-16(2)31-15)7-8-30-20-3-5-27(6-4-20)21(28)12-25-22(29)17-9-18(23)11-19(24)10-17/h9-11,15-16,20H,3-8,12-14H2,1-2H3,(H,25,29). The minimum atomic E-state index is -0.837. The molecule has 2 atom stereocenters. The van der Waals surface area contributed by atoms with Crippen molar-refractivity contribution in [1.29, 1.82) is 0 Å². The van der Waals surface area contributed by atoms with E-state index in [0.717, 1.165) is 44.6 Å². The SMILES string of the molecule is CC1CN(CCOC2CCN(C(=O)CNC(=O)c3cc(F)cc(F)c3)CC2)CC(C)O1. The van der Waals surface area contributed by atoms with E-state index in [0.29, 0.717) is 25.8 Å². The Morgan fingerprint density at radius 3 is 2.32 bits per heavy atom. The Morgan fingerprint density at radius 2 is 1.71 bits per heavy atom. The lowest BCUT2D eigenvalue weighted by Gasteiger charge is -2.36. The Morgan fingerprint density at radius 1 is 1.10 bits per heavy atom. The van der Waals surface area contributed by atoms with Crippen molar-refractivity contribution in [3.63, 3.8) is 0 Å². The van der Waals surface area contributed by atoms with Crippen molar-refractivity contribution in [2.24, 2.45) is 0 Å². The topological polar surface area (TPSA) is 71.1 Å². The highest BCUT2D eigenvalue weighted by Crippen LogP contribution is 2.15. The maximum absolute atomic E-state index is 13.2. The number of carbonyl (C=O) groups is 2. The summed E-state index contributed by atoms with van der Waals surface area (Å²) in [6, 6.07) is 2.56. The van der Waals surface area contributed by atoms with Crippen LogP contribution in [0, 0.1) is 11.6 Å². The van der Waals surface area contributed by atoms with Gasteiger partial charge in [0, 0.05) is 44.4 Å². The summed E-state index contributed by atoms with van der Waals surface area (Å²) in [4.78, 5) is 28.4. The maximum Gasteiger partial charge on any atom is 0.251 e. The molecule has 1 aromatic carbocycles. The zero-order chi connectivity index (χ0) is 22.4. The van der Waals surface area contributed by atoms with Crippen molar-refractivity contribution in [2.75, 3.05) is 45.9 Å². The lowest BCUT2D eigenvalue weighted by Crippen LogP contribution is -2.47. The first-order valence-electron chi connectivity index (χ1n) is 10.8. The number of carbonyl (C=O) groups excluding carboxylic acids is 2. The fourth-order valence-corrected chi connectivity index (χ4v) is 4.14. The molecule has 2 aliphatic heterocycles. The van der Waals surface area contributed by atoms with E-state index in [4.69, 9.17) is 9.47 Å². The van der Waals surface area contributed by atoms with Gasteiger partial charge in [0.1, 0.15) is 11.6 Å². The number of rotatable bonds is 7. The number of piperidine rings is 1. The van der Waals surface area contributed by atoms with Crippen molar-refractivity contribution in [3.05, 3.63) is 35.4 Å². The number of nitrogens with zero attached hydrogens (tertiary/aromatic N) is 2. The summed E-state index contributed by atoms with van der Waals surface area (Å²) in [6.45, 7) is 8.39. The first-order chi connectivity index (χ1) is 14.8. The fourth-order valence-electron chi connectivity index (χ4n) is 4.14. The van der Waals surface area contributed by atoms with Crippen LogP contribution in [-0.2, 0) is 14.3 Å². The minimum Gasteiger partial charge on any atom is -0.377 e. The van der Waals surface area contributed by atoms with E-state index in [1.54, 1.807) is 4.90 Å². The Balaban J connectivity index is 1.33. The number of nitrogens with one attached hydrogen (secondary N) is 1. The number of hydrogen-bond donors (Lipinski definition) is 1. The van der Waals surface area contributed by atoms with Crippen LogP contribution in [0.2, 0.25) is 0 Å². The van der Waals surface area contributed by atoms with Gasteiger partial charge in [0.25, 0.3) is 5.91 Å². The van der Waals surface area contributed by atoms with Crippen LogP contribution in [0.4, 0.5) is 8.78 Å². The third-order valence-corrected chi connectivity index (χ3v) is 5.58. The van der Waals surface area contributed by atoms with Crippen molar-refractivity contribution in [1.82, 2.24) is 15.1 Å². The summed E-state index contributed by atoms with van der Waals surface area (Å²) in [7, 11) is 0. The molecule has 0 bridgehead atoms. The molecule has 1 N–H and O–H groups in total. The molecule has 2 fully saturated rings. The number of amides is 2. The summed E-state index contributed by atoms with van der Waals surface area (Å²) in [5.74, 6) is -2.58. The molecular formula is C22H31F2N3O4. The summed E-state index contributed by atoms with van der Waals surface area (Å²) < 4.78 is 38.2. The quantitative estimate of drug-likeness (QED) is 0.702. The largest absolute Gasteiger partial charge is 0.377 e. The highest BCUT2D eigenvalue weighted by Gasteiger charge is 2.25. The van der Waals surface area contributed by atoms with Gasteiger partial charge in [-0.05, 0) is 38.8 Å². The van der Waals surface area contributed by atoms with E-state index in [1.165, 1.54) is 0 Å². The van der Waals surface area contributed by atoms with Gasteiger partial charge in [-0.2, -0.15) is 0 Å². The lowest BCUT2D eigenvalue weighted by atomic mass is 10.1. The summed E-state index contributed by atoms with van der Waals surface area (Å²) in [5, 5.41) is 2.43. The third-order valence-electron chi connectivity index (χ3n) is 5.58. The molecular weight excluding hydrogens is 408 g/mol. The van der Waals surface area contributed by atoms with Gasteiger partial charge in [0.05, 0.1) is 31.5 Å². The van der Waals surface area contributed by atoms with Crippen LogP contribution in [0.1, 0.15) is 37.0 Å². The van der Waals surface area contributed by atoms with Gasteiger partial charge in [-0.15, -0.1) is 0 Å². The van der Waals surface area contributed by atoms with Crippen LogP contribution in [0.15, 0.2) is 18.2 Å². The molecule has 0 radical (unpaired) electrons. The van der Waals surface area contributed by atoms with Gasteiger partial charge in [-0.1, -0.05) is 0 Å². The van der Waals surface area contributed by atoms with E-state index in [2.05, 4.69) is 24.1 Å². The number of likely N-dealkylation sites (tertiary alicyclic amines) is 1. The van der Waals surface area contributed by atoms with Crippen LogP contribution in [-0.4, -0.2) is 85.8 Å². The zero-order valence-corrected chi connectivity index (χ0v) is 18.1. The molecule has 2 amide bonds. The number of halogens is 2. The van der Waals surface area contributed by atoms with Gasteiger partial charge < -0.3 is 19.7 Å². The molecule has 0 aromatic heterocycles. The van der Waals surface area contributed by atoms with Crippen molar-refractivity contribution < 1.29 is 27.8 Å². The van der Waals surface area contributed by atoms with Crippen LogP contribution < -0.4 is 5.32 Å². The molecule has 9 heteroatoms. The average Bonchev–Trinajstić information content (AvgIpc) is 2.71. The Bertz CT molecular complexity index is 741. The zero-order valence-electron chi connectivity index (χ0n) is 18.1. The van der Waals surface area contributed by atoms with Crippen LogP contribution in [0.3, 0.4) is 0 Å². The van der Waals surface area contributed by atoms with Crippen LogP contribution in [0.5, 0.6) is 0 Å². The molecule has 172 valence electrons. The van der Waals surface area contributed by atoms with E-state index < -0.39 is 17.5 Å². The molecule has 2 aliphatic rings. The molecule has 3 rings (SSSR count). The highest BCUT2D eigenvalue weighted by molar-refractivity contribution is 5.96. The van der Waals surface area contributed by atoms with E-state index >= 15 is 0 Å². The molecule has 0 spiro atoms. The normalized spacial score (nSPS) is 23.0. The van der Waals surface area contributed by atoms with Crippen molar-refractivity contribution in [3.8, 4) is 0 Å². The number of benzene rings is 1. The molecule has 0 aliphatic carbocycles. The Labute approximate surface area is 181 Å². The second kappa shape index (κ2) is 11.0. The predicted molar refractivity (Wildman–Crippen MR) is 111 cm³/mol. The molecule has 2 unspecified atom stereocenters. The van der Waals surface area contributed by atoms with Crippen molar-refractivity contribution >= 4 is 11.8 Å². The Kier molecular flexibility index (Phi) is 8.34. The van der Waals surface area contributed by atoms with Gasteiger partial charge >= 0.3 is 0 Å². The van der Waals surface area contributed by atoms with Crippen molar-refractivity contribution in [2.45, 2.75) is 45.0 Å². The fraction of sp³-hybridized carbons (Fsp3) is 0.636. The minimum absolute atomic E-state index is 0.116. The maximum atomic E-state index is 13.2. The molecule has 1 aromatic rings. The number of morpholine rings is 1. The van der Waals surface area contributed by atoms with E-state index in [-0.39, 0.29) is 36.3 Å². The highest BCUT2D eigenvalue weighted by atomic mass is 19.1. The summed E-state index contributed by atoms with van der Waals surface area (Å²) in [6.07, 6.45) is 2.07. The monoisotopic (exact) mass is 439 g/mol. The molecule has 7 nitrogen and oxygen atoms in total. The molecule has 31 heavy (non-hydrogen) atoms. The average molecular weight is 440 g/mol.